The van der Waals surface area contributed by atoms with Gasteiger partial charge in [0.25, 0.3) is 0 Å². The molecular formula is C23H38IN3O4. The van der Waals surface area contributed by atoms with Crippen LogP contribution < -0.4 is 14.8 Å². The number of piperidine rings is 1. The zero-order valence-electron chi connectivity index (χ0n) is 19.1. The molecule has 0 saturated carbocycles. The number of nitrogens with zero attached hydrogens (tertiary/aromatic N) is 2. The molecule has 7 nitrogen and oxygen atoms in total. The van der Waals surface area contributed by atoms with Crippen LogP contribution in [0.15, 0.2) is 23.2 Å². The number of hydrogen-bond acceptors (Lipinski definition) is 5. The largest absolute Gasteiger partial charge is 0.493 e. The summed E-state index contributed by atoms with van der Waals surface area (Å²) in [5.41, 5.74) is 1.01. The van der Waals surface area contributed by atoms with E-state index in [0.29, 0.717) is 12.6 Å². The molecule has 176 valence electrons. The molecule has 2 fully saturated rings. The number of aliphatic imine (C=N–C) groups is 1. The molecular weight excluding hydrogens is 509 g/mol. The van der Waals surface area contributed by atoms with Crippen molar-refractivity contribution in [3.63, 3.8) is 0 Å². The summed E-state index contributed by atoms with van der Waals surface area (Å²) in [4.78, 5) is 7.20. The summed E-state index contributed by atoms with van der Waals surface area (Å²) in [6.07, 6.45) is 6.20. The third-order valence-electron chi connectivity index (χ3n) is 5.75. The lowest BCUT2D eigenvalue weighted by atomic mass is 10.1. The van der Waals surface area contributed by atoms with Crippen molar-refractivity contribution in [3.8, 4) is 11.5 Å². The molecule has 1 aromatic carbocycles. The van der Waals surface area contributed by atoms with Gasteiger partial charge in [-0.25, -0.2) is 4.99 Å². The van der Waals surface area contributed by atoms with E-state index in [1.165, 1.54) is 12.8 Å². The molecule has 0 spiro atoms. The quantitative estimate of drug-likeness (QED) is 0.303. The maximum Gasteiger partial charge on any atom is 0.194 e. The van der Waals surface area contributed by atoms with Gasteiger partial charge in [-0.3, -0.25) is 0 Å². The third kappa shape index (κ3) is 7.68. The minimum atomic E-state index is 0. The monoisotopic (exact) mass is 547 g/mol. The van der Waals surface area contributed by atoms with Crippen LogP contribution in [0.25, 0.3) is 0 Å². The first-order valence-electron chi connectivity index (χ1n) is 11.2. The van der Waals surface area contributed by atoms with Crippen molar-refractivity contribution in [1.29, 1.82) is 0 Å². The van der Waals surface area contributed by atoms with E-state index < -0.39 is 0 Å². The Hall–Kier alpha value is -1.26. The van der Waals surface area contributed by atoms with Crippen molar-refractivity contribution < 1.29 is 18.9 Å². The first-order valence-corrected chi connectivity index (χ1v) is 11.2. The van der Waals surface area contributed by atoms with Crippen molar-refractivity contribution in [1.82, 2.24) is 10.2 Å². The number of nitrogens with one attached hydrogen (secondary N) is 1. The molecule has 0 aliphatic carbocycles. The number of rotatable bonds is 8. The Labute approximate surface area is 203 Å². The molecule has 2 heterocycles. The van der Waals surface area contributed by atoms with Crippen molar-refractivity contribution in [2.45, 2.75) is 57.8 Å². The zero-order chi connectivity index (χ0) is 21.2. The SMILES string of the molecule is CCNC(=NCc1cccc(OC)c1OC)N1CCC(OCC2CCCCO2)CC1.I. The topological polar surface area (TPSA) is 64.6 Å². The Morgan fingerprint density at radius 3 is 2.61 bits per heavy atom. The Bertz CT molecular complexity index is 675. The van der Waals surface area contributed by atoms with Crippen LogP contribution in [0.1, 0.15) is 44.6 Å². The minimum Gasteiger partial charge on any atom is -0.493 e. The smallest absolute Gasteiger partial charge is 0.194 e. The zero-order valence-corrected chi connectivity index (χ0v) is 21.4. The van der Waals surface area contributed by atoms with Crippen LogP contribution in [-0.2, 0) is 16.0 Å². The van der Waals surface area contributed by atoms with Gasteiger partial charge in [-0.05, 0) is 45.1 Å². The third-order valence-corrected chi connectivity index (χ3v) is 5.75. The first-order chi connectivity index (χ1) is 14.7. The van der Waals surface area contributed by atoms with Crippen LogP contribution in [0.3, 0.4) is 0 Å². The van der Waals surface area contributed by atoms with Crippen LogP contribution in [0.2, 0.25) is 0 Å². The van der Waals surface area contributed by atoms with Crippen molar-refractivity contribution in [3.05, 3.63) is 23.8 Å². The lowest BCUT2D eigenvalue weighted by Crippen LogP contribution is -2.47. The molecule has 2 saturated heterocycles. The maximum absolute atomic E-state index is 6.15. The molecule has 31 heavy (non-hydrogen) atoms. The van der Waals surface area contributed by atoms with Gasteiger partial charge in [0.15, 0.2) is 17.5 Å². The second-order valence-corrected chi connectivity index (χ2v) is 7.83. The fourth-order valence-electron chi connectivity index (χ4n) is 4.08. The highest BCUT2D eigenvalue weighted by atomic mass is 127. The van der Waals surface area contributed by atoms with Gasteiger partial charge in [0.05, 0.1) is 39.6 Å². The van der Waals surface area contributed by atoms with Crippen LogP contribution >= 0.6 is 24.0 Å². The summed E-state index contributed by atoms with van der Waals surface area (Å²) in [6, 6.07) is 5.90. The van der Waals surface area contributed by atoms with E-state index in [2.05, 4.69) is 17.1 Å². The van der Waals surface area contributed by atoms with E-state index in [-0.39, 0.29) is 30.1 Å². The number of likely N-dealkylation sites (tertiary alicyclic amines) is 1. The highest BCUT2D eigenvalue weighted by molar-refractivity contribution is 14.0. The molecule has 0 bridgehead atoms. The molecule has 1 atom stereocenters. The van der Waals surface area contributed by atoms with E-state index in [0.717, 1.165) is 75.1 Å². The Morgan fingerprint density at radius 2 is 1.97 bits per heavy atom. The van der Waals surface area contributed by atoms with Crippen LogP contribution in [-0.4, -0.2) is 70.1 Å². The maximum atomic E-state index is 6.15. The van der Waals surface area contributed by atoms with E-state index in [4.69, 9.17) is 23.9 Å². The highest BCUT2D eigenvalue weighted by Gasteiger charge is 2.24. The average Bonchev–Trinajstić information content (AvgIpc) is 2.81. The summed E-state index contributed by atoms with van der Waals surface area (Å²) in [5, 5.41) is 3.43. The van der Waals surface area contributed by atoms with Crippen LogP contribution in [0.4, 0.5) is 0 Å². The lowest BCUT2D eigenvalue weighted by Gasteiger charge is -2.35. The van der Waals surface area contributed by atoms with E-state index in [9.17, 15) is 0 Å². The predicted molar refractivity (Wildman–Crippen MR) is 134 cm³/mol. The van der Waals surface area contributed by atoms with Crippen molar-refractivity contribution >= 4 is 29.9 Å². The number of methoxy groups -OCH3 is 2. The summed E-state index contributed by atoms with van der Waals surface area (Å²) in [7, 11) is 3.32. The summed E-state index contributed by atoms with van der Waals surface area (Å²) in [6.45, 7) is 6.97. The van der Waals surface area contributed by atoms with Gasteiger partial charge in [0.2, 0.25) is 0 Å². The minimum absolute atomic E-state index is 0. The molecule has 0 amide bonds. The molecule has 1 N–H and O–H groups in total. The number of benzene rings is 1. The summed E-state index contributed by atoms with van der Waals surface area (Å²) in [5.74, 6) is 2.42. The van der Waals surface area contributed by atoms with E-state index >= 15 is 0 Å². The Kier molecular flexibility index (Phi) is 11.7. The van der Waals surface area contributed by atoms with Crippen LogP contribution in [0.5, 0.6) is 11.5 Å². The molecule has 2 aliphatic heterocycles. The molecule has 2 aliphatic rings. The van der Waals surface area contributed by atoms with Gasteiger partial charge < -0.3 is 29.2 Å². The van der Waals surface area contributed by atoms with Gasteiger partial charge in [-0.1, -0.05) is 12.1 Å². The number of guanidine groups is 1. The number of ether oxygens (including phenoxy) is 4. The average molecular weight is 547 g/mol. The Morgan fingerprint density at radius 1 is 1.16 bits per heavy atom. The molecule has 1 unspecified atom stereocenters. The number of para-hydroxylation sites is 1. The van der Waals surface area contributed by atoms with Gasteiger partial charge in [-0.15, -0.1) is 24.0 Å². The van der Waals surface area contributed by atoms with Gasteiger partial charge in [-0.2, -0.15) is 0 Å². The van der Waals surface area contributed by atoms with Crippen LogP contribution in [0, 0.1) is 0 Å². The van der Waals surface area contributed by atoms with E-state index in [1.807, 2.05) is 18.2 Å². The number of hydrogen-bond donors (Lipinski definition) is 1. The standard InChI is InChI=1S/C23H37N3O4.HI/c1-4-24-23(25-16-18-8-7-10-21(27-2)22(18)28-3)26-13-11-19(12-14-26)30-17-20-9-5-6-15-29-20;/h7-8,10,19-20H,4-6,9,11-17H2,1-3H3,(H,24,25);1H. The molecule has 0 aromatic heterocycles. The molecule has 8 heteroatoms. The van der Waals surface area contributed by atoms with Gasteiger partial charge in [0, 0.05) is 31.8 Å². The van der Waals surface area contributed by atoms with E-state index in [1.54, 1.807) is 14.2 Å². The first kappa shape index (κ1) is 26.0. The molecule has 1 aromatic rings. The van der Waals surface area contributed by atoms with Crippen molar-refractivity contribution in [2.24, 2.45) is 4.99 Å². The van der Waals surface area contributed by atoms with Gasteiger partial charge in [0.1, 0.15) is 0 Å². The molecule has 0 radical (unpaired) electrons. The highest BCUT2D eigenvalue weighted by Crippen LogP contribution is 2.31. The van der Waals surface area contributed by atoms with Gasteiger partial charge >= 0.3 is 0 Å². The van der Waals surface area contributed by atoms with Crippen molar-refractivity contribution in [2.75, 3.05) is 47.1 Å². The predicted octanol–water partition coefficient (Wildman–Crippen LogP) is 3.84. The normalized spacial score (nSPS) is 20.2. The molecule has 3 rings (SSSR count). The second-order valence-electron chi connectivity index (χ2n) is 7.83. The summed E-state index contributed by atoms with van der Waals surface area (Å²) < 4.78 is 22.9. The second kappa shape index (κ2) is 14.0. The number of halogens is 1. The fourth-order valence-corrected chi connectivity index (χ4v) is 4.08. The Balaban J connectivity index is 0.00000341. The fraction of sp³-hybridized carbons (Fsp3) is 0.696. The summed E-state index contributed by atoms with van der Waals surface area (Å²) >= 11 is 0. The lowest BCUT2D eigenvalue weighted by molar-refractivity contribution is -0.0721.